The fraction of sp³-hybridized carbons (Fsp3) is 0.182. The lowest BCUT2D eigenvalue weighted by molar-refractivity contribution is 0.0939. The Hall–Kier alpha value is -3.14. The van der Waals surface area contributed by atoms with Crippen molar-refractivity contribution in [3.8, 4) is 5.75 Å². The van der Waals surface area contributed by atoms with E-state index in [4.69, 9.17) is 4.74 Å². The highest BCUT2D eigenvalue weighted by Gasteiger charge is 2.52. The van der Waals surface area contributed by atoms with Gasteiger partial charge in [0.2, 0.25) is 0 Å². The Bertz CT molecular complexity index is 1020. The molecule has 1 spiro atoms. The first-order valence-corrected chi connectivity index (χ1v) is 8.74. The van der Waals surface area contributed by atoms with Crippen molar-refractivity contribution in [2.45, 2.75) is 17.9 Å². The number of ether oxygens (including phenoxy) is 1. The van der Waals surface area contributed by atoms with Gasteiger partial charge in [0.1, 0.15) is 11.3 Å². The van der Waals surface area contributed by atoms with Crippen LogP contribution >= 0.6 is 0 Å². The lowest BCUT2D eigenvalue weighted by atomic mass is 9.87. The first kappa shape index (κ1) is 15.1. The first-order valence-electron chi connectivity index (χ1n) is 8.74. The van der Waals surface area contributed by atoms with Crippen LogP contribution in [0.1, 0.15) is 45.1 Å². The number of aromatic nitrogens is 1. The third-order valence-corrected chi connectivity index (χ3v) is 5.59. The first-order chi connectivity index (χ1) is 12.7. The van der Waals surface area contributed by atoms with Gasteiger partial charge in [-0.25, -0.2) is 0 Å². The molecule has 1 aliphatic heterocycles. The van der Waals surface area contributed by atoms with Gasteiger partial charge in [0.25, 0.3) is 5.91 Å². The number of nitrogens with one attached hydrogen (secondary N) is 1. The molecule has 1 aromatic heterocycles. The molecule has 1 N–H and O–H groups in total. The largest absolute Gasteiger partial charge is 0.497 e. The molecular formula is C22H18N2O2. The number of hydrogen-bond donors (Lipinski definition) is 1. The molecule has 26 heavy (non-hydrogen) atoms. The molecule has 3 aromatic rings. The minimum absolute atomic E-state index is 0.0596. The van der Waals surface area contributed by atoms with Crippen molar-refractivity contribution in [2.24, 2.45) is 0 Å². The van der Waals surface area contributed by atoms with E-state index in [1.165, 1.54) is 11.1 Å². The van der Waals surface area contributed by atoms with Crippen molar-refractivity contribution in [3.63, 3.8) is 0 Å². The van der Waals surface area contributed by atoms with Gasteiger partial charge < -0.3 is 10.1 Å². The van der Waals surface area contributed by atoms with E-state index in [0.717, 1.165) is 23.4 Å². The Labute approximate surface area is 151 Å². The smallest absolute Gasteiger partial charge is 0.254 e. The zero-order valence-electron chi connectivity index (χ0n) is 14.4. The normalized spacial score (nSPS) is 22.8. The molecule has 0 saturated carbocycles. The number of hydrogen-bond acceptors (Lipinski definition) is 3. The van der Waals surface area contributed by atoms with Crippen molar-refractivity contribution >= 4 is 5.91 Å². The molecule has 2 aromatic carbocycles. The summed E-state index contributed by atoms with van der Waals surface area (Å²) in [7, 11) is 1.66. The van der Waals surface area contributed by atoms with E-state index in [0.29, 0.717) is 5.56 Å². The lowest BCUT2D eigenvalue weighted by Gasteiger charge is -2.26. The molecule has 128 valence electrons. The van der Waals surface area contributed by atoms with E-state index in [1.54, 1.807) is 13.3 Å². The Balaban J connectivity index is 1.76. The van der Waals surface area contributed by atoms with Crippen LogP contribution in [0.3, 0.4) is 0 Å². The highest BCUT2D eigenvalue weighted by molar-refractivity contribution is 6.00. The number of carbonyl (C=O) groups is 1. The zero-order valence-corrected chi connectivity index (χ0v) is 14.4. The maximum atomic E-state index is 12.7. The molecule has 5 rings (SSSR count). The Kier molecular flexibility index (Phi) is 3.16. The summed E-state index contributed by atoms with van der Waals surface area (Å²) in [4.78, 5) is 17.3. The van der Waals surface area contributed by atoms with Crippen LogP contribution in [0, 0.1) is 0 Å². The summed E-state index contributed by atoms with van der Waals surface area (Å²) < 4.78 is 5.46. The minimum Gasteiger partial charge on any atom is -0.497 e. The summed E-state index contributed by atoms with van der Waals surface area (Å²) in [5.74, 6) is 0.927. The number of pyridine rings is 1. The standard InChI is InChI=1S/C22H18N2O2/c1-26-15-9-10-16-18(14-6-3-2-4-7-14)13-22(19(16)12-15)20-17(21(25)24-22)8-5-11-23-20/h2-12,18H,13H2,1H3,(H,24,25)/t18-,22-/m0/s1. The highest BCUT2D eigenvalue weighted by Crippen LogP contribution is 2.53. The van der Waals surface area contributed by atoms with E-state index in [1.807, 2.05) is 30.3 Å². The van der Waals surface area contributed by atoms with Crippen molar-refractivity contribution < 1.29 is 9.53 Å². The number of amides is 1. The molecule has 2 heterocycles. The van der Waals surface area contributed by atoms with Gasteiger partial charge in [-0.05, 0) is 47.4 Å². The van der Waals surface area contributed by atoms with Crippen LogP contribution in [0.4, 0.5) is 0 Å². The Morgan fingerprint density at radius 1 is 1.12 bits per heavy atom. The number of nitrogens with zero attached hydrogens (tertiary/aromatic N) is 1. The molecule has 0 unspecified atom stereocenters. The quantitative estimate of drug-likeness (QED) is 0.774. The second-order valence-electron chi connectivity index (χ2n) is 6.88. The number of benzene rings is 2. The highest BCUT2D eigenvalue weighted by atomic mass is 16.5. The summed E-state index contributed by atoms with van der Waals surface area (Å²) in [6.45, 7) is 0. The average molecular weight is 342 g/mol. The molecule has 0 bridgehead atoms. The summed E-state index contributed by atoms with van der Waals surface area (Å²) in [5, 5.41) is 3.24. The summed E-state index contributed by atoms with van der Waals surface area (Å²) in [6.07, 6.45) is 2.52. The van der Waals surface area contributed by atoms with Gasteiger partial charge in [-0.3, -0.25) is 9.78 Å². The average Bonchev–Trinajstić information content (AvgIpc) is 3.18. The second-order valence-corrected chi connectivity index (χ2v) is 6.88. The predicted molar refractivity (Wildman–Crippen MR) is 98.4 cm³/mol. The number of methoxy groups -OCH3 is 1. The molecule has 0 radical (unpaired) electrons. The van der Waals surface area contributed by atoms with Gasteiger partial charge in [0.15, 0.2) is 0 Å². The van der Waals surface area contributed by atoms with Crippen LogP contribution in [-0.2, 0) is 5.54 Å². The predicted octanol–water partition coefficient (Wildman–Crippen LogP) is 3.61. The van der Waals surface area contributed by atoms with Gasteiger partial charge in [-0.2, -0.15) is 0 Å². The topological polar surface area (TPSA) is 51.2 Å². The van der Waals surface area contributed by atoms with E-state index >= 15 is 0 Å². The third kappa shape index (κ3) is 1.96. The second kappa shape index (κ2) is 5.43. The third-order valence-electron chi connectivity index (χ3n) is 5.59. The minimum atomic E-state index is -0.599. The van der Waals surface area contributed by atoms with E-state index in [2.05, 4.69) is 40.6 Å². The van der Waals surface area contributed by atoms with Crippen LogP contribution in [0.15, 0.2) is 66.9 Å². The fourth-order valence-electron chi connectivity index (χ4n) is 4.44. The molecule has 0 saturated heterocycles. The molecule has 4 nitrogen and oxygen atoms in total. The zero-order chi connectivity index (χ0) is 17.7. The molecule has 2 aliphatic rings. The van der Waals surface area contributed by atoms with Crippen LogP contribution in [0.5, 0.6) is 5.75 Å². The summed E-state index contributed by atoms with van der Waals surface area (Å²) >= 11 is 0. The van der Waals surface area contributed by atoms with Gasteiger partial charge in [0.05, 0.1) is 18.4 Å². The Morgan fingerprint density at radius 3 is 2.77 bits per heavy atom. The van der Waals surface area contributed by atoms with Crippen molar-refractivity contribution in [1.29, 1.82) is 0 Å². The van der Waals surface area contributed by atoms with Crippen LogP contribution < -0.4 is 10.1 Å². The van der Waals surface area contributed by atoms with E-state index in [9.17, 15) is 4.79 Å². The lowest BCUT2D eigenvalue weighted by Crippen LogP contribution is -2.39. The maximum Gasteiger partial charge on any atom is 0.254 e. The Morgan fingerprint density at radius 2 is 1.96 bits per heavy atom. The van der Waals surface area contributed by atoms with Crippen molar-refractivity contribution in [3.05, 3.63) is 94.8 Å². The van der Waals surface area contributed by atoms with Gasteiger partial charge >= 0.3 is 0 Å². The molecule has 1 amide bonds. The summed E-state index contributed by atoms with van der Waals surface area (Å²) in [6, 6.07) is 20.3. The van der Waals surface area contributed by atoms with E-state index in [-0.39, 0.29) is 11.8 Å². The number of rotatable bonds is 2. The van der Waals surface area contributed by atoms with Crippen LogP contribution in [0.2, 0.25) is 0 Å². The van der Waals surface area contributed by atoms with Crippen molar-refractivity contribution in [1.82, 2.24) is 10.3 Å². The fourth-order valence-corrected chi connectivity index (χ4v) is 4.44. The van der Waals surface area contributed by atoms with Crippen LogP contribution in [-0.4, -0.2) is 18.0 Å². The monoisotopic (exact) mass is 342 g/mol. The SMILES string of the molecule is COc1ccc2c(c1)[C@]1(C[C@H]2c2ccccc2)NC(=O)c2cccnc21. The molecule has 1 aliphatic carbocycles. The van der Waals surface area contributed by atoms with Crippen LogP contribution in [0.25, 0.3) is 0 Å². The van der Waals surface area contributed by atoms with E-state index < -0.39 is 5.54 Å². The maximum absolute atomic E-state index is 12.7. The molecule has 2 atom stereocenters. The number of carbonyl (C=O) groups excluding carboxylic acids is 1. The van der Waals surface area contributed by atoms with Gasteiger partial charge in [0, 0.05) is 12.1 Å². The van der Waals surface area contributed by atoms with Gasteiger partial charge in [-0.1, -0.05) is 36.4 Å². The number of fused-ring (bicyclic) bond motifs is 4. The van der Waals surface area contributed by atoms with Crippen molar-refractivity contribution in [2.75, 3.05) is 7.11 Å². The molecule has 0 fully saturated rings. The molecular weight excluding hydrogens is 324 g/mol. The summed E-state index contributed by atoms with van der Waals surface area (Å²) in [5.41, 5.74) is 4.42. The molecule has 4 heteroatoms. The van der Waals surface area contributed by atoms with Gasteiger partial charge in [-0.15, -0.1) is 0 Å².